The van der Waals surface area contributed by atoms with Gasteiger partial charge in [-0.2, -0.15) is 0 Å². The molecule has 0 aliphatic carbocycles. The third kappa shape index (κ3) is 2.93. The van der Waals surface area contributed by atoms with Crippen LogP contribution in [0.15, 0.2) is 51.6 Å². The van der Waals surface area contributed by atoms with E-state index in [0.717, 1.165) is 4.47 Å². The predicted molar refractivity (Wildman–Crippen MR) is 94.0 cm³/mol. The van der Waals surface area contributed by atoms with Crippen LogP contribution in [-0.2, 0) is 9.53 Å². The number of halogens is 1. The number of rotatable bonds is 3. The standard InChI is InChI=1S/C17H9BrN2O6/c18-11-3-1-2-9(4-11)16-19-12(17(21)26-16)5-10-6-14-15(25-8-24-14)7-13(10)20(22)23/h1-7H,8H2/b12-5-. The minimum Gasteiger partial charge on any atom is -0.454 e. The van der Waals surface area contributed by atoms with Crippen molar-refractivity contribution in [3.63, 3.8) is 0 Å². The Kier molecular flexibility index (Phi) is 3.92. The van der Waals surface area contributed by atoms with E-state index >= 15 is 0 Å². The lowest BCUT2D eigenvalue weighted by Gasteiger charge is -2.01. The van der Waals surface area contributed by atoms with Crippen molar-refractivity contribution < 1.29 is 23.9 Å². The molecule has 0 bridgehead atoms. The number of carbonyl (C=O) groups excluding carboxylic acids is 1. The van der Waals surface area contributed by atoms with Gasteiger partial charge in [-0.25, -0.2) is 9.79 Å². The monoisotopic (exact) mass is 416 g/mol. The van der Waals surface area contributed by atoms with Gasteiger partial charge in [-0.3, -0.25) is 10.1 Å². The summed E-state index contributed by atoms with van der Waals surface area (Å²) in [5, 5.41) is 11.3. The number of carbonyl (C=O) groups is 1. The van der Waals surface area contributed by atoms with Gasteiger partial charge in [0.15, 0.2) is 17.2 Å². The number of nitro benzene ring substituents is 1. The molecule has 2 heterocycles. The van der Waals surface area contributed by atoms with Crippen LogP contribution in [0.25, 0.3) is 6.08 Å². The number of hydrogen-bond acceptors (Lipinski definition) is 7. The van der Waals surface area contributed by atoms with Crippen molar-refractivity contribution in [3.8, 4) is 11.5 Å². The van der Waals surface area contributed by atoms with Crippen molar-refractivity contribution in [1.82, 2.24) is 0 Å². The molecule has 0 spiro atoms. The molecule has 2 aromatic carbocycles. The van der Waals surface area contributed by atoms with Crippen LogP contribution >= 0.6 is 15.9 Å². The Bertz CT molecular complexity index is 1010. The average molecular weight is 417 g/mol. The Balaban J connectivity index is 1.76. The van der Waals surface area contributed by atoms with E-state index in [9.17, 15) is 14.9 Å². The molecule has 26 heavy (non-hydrogen) atoms. The fraction of sp³-hybridized carbons (Fsp3) is 0.0588. The molecule has 0 aromatic heterocycles. The van der Waals surface area contributed by atoms with Crippen molar-refractivity contribution in [1.29, 1.82) is 0 Å². The molecule has 4 rings (SSSR count). The summed E-state index contributed by atoms with van der Waals surface area (Å²) in [6, 6.07) is 9.79. The normalized spacial score (nSPS) is 16.6. The largest absolute Gasteiger partial charge is 0.454 e. The van der Waals surface area contributed by atoms with Crippen LogP contribution < -0.4 is 9.47 Å². The molecule has 2 aliphatic rings. The Morgan fingerprint density at radius 3 is 2.69 bits per heavy atom. The van der Waals surface area contributed by atoms with Crippen molar-refractivity contribution in [3.05, 3.63) is 67.8 Å². The van der Waals surface area contributed by atoms with Crippen LogP contribution in [0.4, 0.5) is 5.69 Å². The molecule has 0 N–H and O–H groups in total. The van der Waals surface area contributed by atoms with Crippen LogP contribution in [0.2, 0.25) is 0 Å². The Morgan fingerprint density at radius 1 is 1.19 bits per heavy atom. The van der Waals surface area contributed by atoms with Crippen LogP contribution in [0.1, 0.15) is 11.1 Å². The summed E-state index contributed by atoms with van der Waals surface area (Å²) in [6.45, 7) is -0.0141. The van der Waals surface area contributed by atoms with Crippen molar-refractivity contribution >= 4 is 39.6 Å². The second kappa shape index (κ2) is 6.26. The Hall–Kier alpha value is -3.20. The molecule has 0 amide bonds. The highest BCUT2D eigenvalue weighted by Gasteiger charge is 2.27. The highest BCUT2D eigenvalue weighted by atomic mass is 79.9. The smallest absolute Gasteiger partial charge is 0.363 e. The minimum atomic E-state index is -0.688. The molecule has 9 heteroatoms. The zero-order valence-corrected chi connectivity index (χ0v) is 14.6. The van der Waals surface area contributed by atoms with E-state index in [-0.39, 0.29) is 35.4 Å². The first-order valence-corrected chi connectivity index (χ1v) is 8.17. The van der Waals surface area contributed by atoms with Crippen molar-refractivity contribution in [2.24, 2.45) is 4.99 Å². The zero-order valence-electron chi connectivity index (χ0n) is 13.0. The molecule has 0 saturated carbocycles. The summed E-state index contributed by atoms with van der Waals surface area (Å²) in [5.74, 6) is 0.0917. The maximum absolute atomic E-state index is 12.1. The lowest BCUT2D eigenvalue weighted by Crippen LogP contribution is -2.05. The first kappa shape index (κ1) is 16.3. The zero-order chi connectivity index (χ0) is 18.3. The lowest BCUT2D eigenvalue weighted by molar-refractivity contribution is -0.385. The van der Waals surface area contributed by atoms with E-state index in [4.69, 9.17) is 14.2 Å². The number of benzene rings is 2. The number of nitro groups is 1. The summed E-state index contributed by atoms with van der Waals surface area (Å²) in [4.78, 5) is 27.0. The summed E-state index contributed by atoms with van der Waals surface area (Å²) in [6.07, 6.45) is 1.30. The molecule has 0 atom stereocenters. The molecule has 130 valence electrons. The van der Waals surface area contributed by atoms with Gasteiger partial charge in [0.1, 0.15) is 0 Å². The fourth-order valence-corrected chi connectivity index (χ4v) is 2.92. The topological polar surface area (TPSA) is 100 Å². The van der Waals surface area contributed by atoms with E-state index in [1.807, 2.05) is 6.07 Å². The van der Waals surface area contributed by atoms with Gasteiger partial charge in [0.05, 0.1) is 16.6 Å². The quantitative estimate of drug-likeness (QED) is 0.328. The van der Waals surface area contributed by atoms with E-state index in [0.29, 0.717) is 11.3 Å². The SMILES string of the molecule is O=C1OC(c2cccc(Br)c2)=N/C1=C\c1cc2c(cc1[N+](=O)[O-])OCO2. The highest BCUT2D eigenvalue weighted by Crippen LogP contribution is 2.39. The summed E-state index contributed by atoms with van der Waals surface area (Å²) < 4.78 is 16.4. The lowest BCUT2D eigenvalue weighted by atomic mass is 10.1. The molecular weight excluding hydrogens is 408 g/mol. The third-order valence-electron chi connectivity index (χ3n) is 3.70. The molecule has 8 nitrogen and oxygen atoms in total. The maximum atomic E-state index is 12.1. The molecule has 0 saturated heterocycles. The number of ether oxygens (including phenoxy) is 3. The first-order chi connectivity index (χ1) is 12.5. The van der Waals surface area contributed by atoms with Gasteiger partial charge in [-0.1, -0.05) is 22.0 Å². The maximum Gasteiger partial charge on any atom is 0.363 e. The van der Waals surface area contributed by atoms with Gasteiger partial charge in [-0.05, 0) is 30.3 Å². The van der Waals surface area contributed by atoms with Crippen LogP contribution in [0.5, 0.6) is 11.5 Å². The number of esters is 1. The van der Waals surface area contributed by atoms with E-state index in [2.05, 4.69) is 20.9 Å². The van der Waals surface area contributed by atoms with Crippen LogP contribution in [-0.4, -0.2) is 23.6 Å². The van der Waals surface area contributed by atoms with Crippen molar-refractivity contribution in [2.45, 2.75) is 0 Å². The average Bonchev–Trinajstić information content (AvgIpc) is 3.20. The summed E-state index contributed by atoms with van der Waals surface area (Å²) in [5.41, 5.74) is 0.518. The number of aliphatic imine (C=N–C) groups is 1. The second-order valence-electron chi connectivity index (χ2n) is 5.37. The number of nitrogens with zero attached hydrogens (tertiary/aromatic N) is 2. The predicted octanol–water partition coefficient (Wildman–Crippen LogP) is 3.43. The Labute approximate surface area is 155 Å². The van der Waals surface area contributed by atoms with Gasteiger partial charge in [0, 0.05) is 10.0 Å². The van der Waals surface area contributed by atoms with E-state index < -0.39 is 10.9 Å². The van der Waals surface area contributed by atoms with Gasteiger partial charge in [-0.15, -0.1) is 0 Å². The minimum absolute atomic E-state index is 0.0141. The molecule has 2 aliphatic heterocycles. The fourth-order valence-electron chi connectivity index (χ4n) is 2.52. The van der Waals surface area contributed by atoms with Gasteiger partial charge in [0.25, 0.3) is 5.69 Å². The summed E-state index contributed by atoms with van der Waals surface area (Å²) in [7, 11) is 0. The first-order valence-electron chi connectivity index (χ1n) is 7.38. The number of hydrogen-bond donors (Lipinski definition) is 0. The van der Waals surface area contributed by atoms with Gasteiger partial charge in [0.2, 0.25) is 12.7 Å². The molecule has 0 unspecified atom stereocenters. The second-order valence-corrected chi connectivity index (χ2v) is 6.28. The van der Waals surface area contributed by atoms with Gasteiger partial charge < -0.3 is 14.2 Å². The van der Waals surface area contributed by atoms with Crippen LogP contribution in [0.3, 0.4) is 0 Å². The van der Waals surface area contributed by atoms with E-state index in [1.165, 1.54) is 18.2 Å². The van der Waals surface area contributed by atoms with E-state index in [1.54, 1.807) is 18.2 Å². The molecule has 0 radical (unpaired) electrons. The molecule has 2 aromatic rings. The molecular formula is C17H9BrN2O6. The summed E-state index contributed by atoms with van der Waals surface area (Å²) >= 11 is 3.34. The number of cyclic esters (lactones) is 1. The van der Waals surface area contributed by atoms with Crippen molar-refractivity contribution in [2.75, 3.05) is 6.79 Å². The third-order valence-corrected chi connectivity index (χ3v) is 4.20. The number of fused-ring (bicyclic) bond motifs is 1. The van der Waals surface area contributed by atoms with Gasteiger partial charge >= 0.3 is 5.97 Å². The highest BCUT2D eigenvalue weighted by molar-refractivity contribution is 9.10. The van der Waals surface area contributed by atoms with Crippen LogP contribution in [0, 0.1) is 10.1 Å². The molecule has 0 fully saturated rings. The Morgan fingerprint density at radius 2 is 1.96 bits per heavy atom.